The fraction of sp³-hybridized carbons (Fsp3) is 0.611. The molecule has 3 atom stereocenters. The number of nitrogens with one attached hydrogen (secondary N) is 2. The molecule has 10 heteroatoms. The summed E-state index contributed by atoms with van der Waals surface area (Å²) < 4.78 is 65.3. The Kier molecular flexibility index (Phi) is 7.89. The zero-order chi connectivity index (χ0) is 19.6. The van der Waals surface area contributed by atoms with Crippen LogP contribution in [0.2, 0.25) is 0 Å². The third-order valence-electron chi connectivity index (χ3n) is 4.82. The van der Waals surface area contributed by atoms with Crippen LogP contribution in [0.4, 0.5) is 22.0 Å². The molecular formula is C18H24F5IN4. The van der Waals surface area contributed by atoms with Gasteiger partial charge in [-0.15, -0.1) is 24.0 Å². The predicted octanol–water partition coefficient (Wildman–Crippen LogP) is 3.63. The molecule has 4 nitrogen and oxygen atoms in total. The summed E-state index contributed by atoms with van der Waals surface area (Å²) in [5, 5.41) is 6.30. The van der Waals surface area contributed by atoms with Crippen LogP contribution in [0.5, 0.6) is 0 Å². The lowest BCUT2D eigenvalue weighted by Gasteiger charge is -2.20. The minimum absolute atomic E-state index is 0. The van der Waals surface area contributed by atoms with Crippen molar-refractivity contribution in [1.29, 1.82) is 0 Å². The number of hydrogen-bond donors (Lipinski definition) is 2. The Morgan fingerprint density at radius 1 is 1.21 bits per heavy atom. The predicted molar refractivity (Wildman–Crippen MR) is 108 cm³/mol. The van der Waals surface area contributed by atoms with Gasteiger partial charge in [-0.05, 0) is 31.9 Å². The van der Waals surface area contributed by atoms with Crippen molar-refractivity contribution in [3.63, 3.8) is 0 Å². The number of likely N-dealkylation sites (tertiary alicyclic amines) is 1. The Balaban J connectivity index is 0.00000280. The summed E-state index contributed by atoms with van der Waals surface area (Å²) in [5.74, 6) is -0.935. The maximum absolute atomic E-state index is 13.9. The molecule has 3 rings (SSSR count). The first kappa shape index (κ1) is 23.1. The van der Waals surface area contributed by atoms with Gasteiger partial charge in [0.25, 0.3) is 0 Å². The van der Waals surface area contributed by atoms with Gasteiger partial charge >= 0.3 is 6.18 Å². The molecule has 1 aromatic carbocycles. The Hall–Kier alpha value is -1.17. The van der Waals surface area contributed by atoms with Crippen LogP contribution in [0, 0.1) is 11.6 Å². The Bertz CT molecular complexity index is 677. The summed E-state index contributed by atoms with van der Waals surface area (Å²) in [6.45, 7) is 2.05. The number of alkyl halides is 3. The molecule has 2 fully saturated rings. The molecule has 0 amide bonds. The second-order valence-corrected chi connectivity index (χ2v) is 7.03. The summed E-state index contributed by atoms with van der Waals surface area (Å²) in [7, 11) is 0. The highest BCUT2D eigenvalue weighted by atomic mass is 127. The minimum Gasteiger partial charge on any atom is -0.353 e. The smallest absolute Gasteiger partial charge is 0.353 e. The van der Waals surface area contributed by atoms with E-state index in [1.54, 1.807) is 0 Å². The standard InChI is InChI=1S/C18H23F5N4.HI/c1-2-24-17(25-11-6-7-27(9-11)10-18(21,22)23)26-15-8-12(15)16-13(19)4-3-5-14(16)20;/h3-5,11-12,15H,2,6-10H2,1H3,(H2,24,25,26);1H. The van der Waals surface area contributed by atoms with E-state index in [2.05, 4.69) is 15.6 Å². The van der Waals surface area contributed by atoms with E-state index >= 15 is 0 Å². The quantitative estimate of drug-likeness (QED) is 0.271. The second kappa shape index (κ2) is 9.55. The van der Waals surface area contributed by atoms with E-state index in [9.17, 15) is 22.0 Å². The number of hydrogen-bond acceptors (Lipinski definition) is 2. The average Bonchev–Trinajstić information content (AvgIpc) is 3.15. The van der Waals surface area contributed by atoms with Gasteiger partial charge in [-0.2, -0.15) is 13.2 Å². The molecule has 0 spiro atoms. The maximum Gasteiger partial charge on any atom is 0.401 e. The van der Waals surface area contributed by atoms with Crippen molar-refractivity contribution in [3.8, 4) is 0 Å². The summed E-state index contributed by atoms with van der Waals surface area (Å²) in [5.41, 5.74) is 0.0723. The molecule has 1 aromatic rings. The van der Waals surface area contributed by atoms with Gasteiger partial charge in [-0.25, -0.2) is 8.78 Å². The van der Waals surface area contributed by atoms with Crippen LogP contribution in [0.1, 0.15) is 31.2 Å². The Labute approximate surface area is 178 Å². The van der Waals surface area contributed by atoms with Crippen molar-refractivity contribution in [2.45, 2.75) is 43.9 Å². The highest BCUT2D eigenvalue weighted by Crippen LogP contribution is 2.43. The molecule has 158 valence electrons. The molecule has 1 aliphatic carbocycles. The molecule has 1 saturated heterocycles. The summed E-state index contributed by atoms with van der Waals surface area (Å²) in [4.78, 5) is 5.66. The van der Waals surface area contributed by atoms with Crippen LogP contribution >= 0.6 is 24.0 Å². The van der Waals surface area contributed by atoms with Crippen molar-refractivity contribution < 1.29 is 22.0 Å². The van der Waals surface area contributed by atoms with Gasteiger partial charge in [0, 0.05) is 43.2 Å². The van der Waals surface area contributed by atoms with Crippen LogP contribution in [-0.4, -0.2) is 55.3 Å². The molecule has 1 saturated carbocycles. The first-order valence-corrected chi connectivity index (χ1v) is 9.07. The molecular weight excluding hydrogens is 494 g/mol. The third-order valence-corrected chi connectivity index (χ3v) is 4.82. The number of nitrogens with zero attached hydrogens (tertiary/aromatic N) is 2. The van der Waals surface area contributed by atoms with Crippen molar-refractivity contribution in [3.05, 3.63) is 35.4 Å². The number of guanidine groups is 1. The van der Waals surface area contributed by atoms with Gasteiger partial charge in [0.15, 0.2) is 5.96 Å². The van der Waals surface area contributed by atoms with E-state index in [1.165, 1.54) is 23.1 Å². The minimum atomic E-state index is -4.21. The molecule has 0 bridgehead atoms. The molecule has 28 heavy (non-hydrogen) atoms. The van der Waals surface area contributed by atoms with Gasteiger partial charge in [0.05, 0.1) is 6.54 Å². The number of aliphatic imine (C=N–C) groups is 1. The Morgan fingerprint density at radius 2 is 1.89 bits per heavy atom. The zero-order valence-corrected chi connectivity index (χ0v) is 17.7. The van der Waals surface area contributed by atoms with Gasteiger partial charge in [-0.1, -0.05) is 6.07 Å². The molecule has 2 N–H and O–H groups in total. The number of halogens is 6. The molecule has 1 aliphatic heterocycles. The fourth-order valence-electron chi connectivity index (χ4n) is 3.55. The lowest BCUT2D eigenvalue weighted by Crippen LogP contribution is -2.46. The zero-order valence-electron chi connectivity index (χ0n) is 15.4. The van der Waals surface area contributed by atoms with E-state index in [4.69, 9.17) is 0 Å². The van der Waals surface area contributed by atoms with Gasteiger partial charge in [0.2, 0.25) is 0 Å². The molecule has 0 radical (unpaired) electrons. The number of rotatable bonds is 5. The van der Waals surface area contributed by atoms with Crippen molar-refractivity contribution in [1.82, 2.24) is 15.5 Å². The monoisotopic (exact) mass is 518 g/mol. The Morgan fingerprint density at radius 3 is 2.50 bits per heavy atom. The van der Waals surface area contributed by atoms with Crippen LogP contribution in [0.3, 0.4) is 0 Å². The van der Waals surface area contributed by atoms with E-state index in [1.807, 2.05) is 6.92 Å². The van der Waals surface area contributed by atoms with Crippen molar-refractivity contribution >= 4 is 29.9 Å². The van der Waals surface area contributed by atoms with Crippen LogP contribution in [0.25, 0.3) is 0 Å². The summed E-state index contributed by atoms with van der Waals surface area (Å²) in [6.07, 6.45) is -3.05. The fourth-order valence-corrected chi connectivity index (χ4v) is 3.55. The van der Waals surface area contributed by atoms with Crippen molar-refractivity contribution in [2.24, 2.45) is 4.99 Å². The lowest BCUT2D eigenvalue weighted by atomic mass is 10.1. The SMILES string of the molecule is CCN=C(NC1CCN(CC(F)(F)F)C1)NC1CC1c1c(F)cccc1F.I. The topological polar surface area (TPSA) is 39.7 Å². The van der Waals surface area contributed by atoms with Gasteiger partial charge < -0.3 is 10.6 Å². The van der Waals surface area contributed by atoms with Crippen molar-refractivity contribution in [2.75, 3.05) is 26.2 Å². The lowest BCUT2D eigenvalue weighted by molar-refractivity contribution is -0.143. The van der Waals surface area contributed by atoms with Crippen LogP contribution in [-0.2, 0) is 0 Å². The maximum atomic E-state index is 13.9. The first-order chi connectivity index (χ1) is 12.8. The van der Waals surface area contributed by atoms with E-state index in [0.29, 0.717) is 31.9 Å². The molecule has 1 heterocycles. The van der Waals surface area contributed by atoms with Crippen LogP contribution < -0.4 is 10.6 Å². The highest BCUT2D eigenvalue weighted by molar-refractivity contribution is 14.0. The second-order valence-electron chi connectivity index (χ2n) is 7.03. The highest BCUT2D eigenvalue weighted by Gasteiger charge is 2.43. The largest absolute Gasteiger partial charge is 0.401 e. The molecule has 3 unspecified atom stereocenters. The average molecular weight is 518 g/mol. The van der Waals surface area contributed by atoms with Gasteiger partial charge in [-0.3, -0.25) is 9.89 Å². The van der Waals surface area contributed by atoms with E-state index in [-0.39, 0.29) is 54.1 Å². The van der Waals surface area contributed by atoms with E-state index in [0.717, 1.165) is 0 Å². The summed E-state index contributed by atoms with van der Waals surface area (Å²) >= 11 is 0. The van der Waals surface area contributed by atoms with E-state index < -0.39 is 24.4 Å². The number of benzene rings is 1. The normalized spacial score (nSPS) is 25.4. The molecule has 2 aliphatic rings. The first-order valence-electron chi connectivity index (χ1n) is 9.07. The summed E-state index contributed by atoms with van der Waals surface area (Å²) in [6, 6.07) is 3.51. The third kappa shape index (κ3) is 6.16. The van der Waals surface area contributed by atoms with Gasteiger partial charge in [0.1, 0.15) is 11.6 Å². The molecule has 0 aromatic heterocycles. The van der Waals surface area contributed by atoms with Crippen LogP contribution in [0.15, 0.2) is 23.2 Å².